The molecule has 0 aliphatic heterocycles. The zero-order chi connectivity index (χ0) is 12.5. The van der Waals surface area contributed by atoms with Crippen LogP contribution in [0.5, 0.6) is 5.75 Å². The normalized spacial score (nSPS) is 11.5. The van der Waals surface area contributed by atoms with Crippen LogP contribution in [0.2, 0.25) is 0 Å². The van der Waals surface area contributed by atoms with Crippen molar-refractivity contribution in [3.63, 3.8) is 0 Å². The quantitative estimate of drug-likeness (QED) is 0.794. The number of rotatable bonds is 2. The van der Waals surface area contributed by atoms with E-state index < -0.39 is 0 Å². The summed E-state index contributed by atoms with van der Waals surface area (Å²) in [5, 5.41) is 11.1. The second kappa shape index (κ2) is 4.16. The molecule has 5 heteroatoms. The van der Waals surface area contributed by atoms with Crippen LogP contribution in [0.25, 0.3) is 5.69 Å². The lowest BCUT2D eigenvalue weighted by molar-refractivity contribution is 0.397. The van der Waals surface area contributed by atoms with Gasteiger partial charge in [-0.1, -0.05) is 26.8 Å². The zero-order valence-electron chi connectivity index (χ0n) is 10.5. The van der Waals surface area contributed by atoms with Crippen LogP contribution in [-0.4, -0.2) is 27.3 Å². The van der Waals surface area contributed by atoms with Crippen molar-refractivity contribution < 1.29 is 4.74 Å². The third-order valence-corrected chi connectivity index (χ3v) is 2.61. The molecule has 0 aliphatic rings. The molecule has 0 unspecified atom stereocenters. The van der Waals surface area contributed by atoms with Crippen LogP contribution in [0.15, 0.2) is 24.5 Å². The summed E-state index contributed by atoms with van der Waals surface area (Å²) in [5.74, 6) is 0.852. The Labute approximate surface area is 100 Å². The second-order valence-electron chi connectivity index (χ2n) is 4.89. The molecule has 2 aromatic rings. The molecule has 1 aromatic carbocycles. The molecule has 1 heterocycles. The number of nitrogens with zero attached hydrogens (tertiary/aromatic N) is 4. The number of hydrogen-bond donors (Lipinski definition) is 0. The summed E-state index contributed by atoms with van der Waals surface area (Å²) < 4.78 is 7.03. The van der Waals surface area contributed by atoms with Crippen molar-refractivity contribution in [2.24, 2.45) is 0 Å². The van der Waals surface area contributed by atoms with E-state index in [1.165, 1.54) is 0 Å². The van der Waals surface area contributed by atoms with Gasteiger partial charge < -0.3 is 4.74 Å². The standard InChI is InChI=1S/C12H16N4O/c1-12(2,3)10-6-5-9(7-11(10)17-4)16-8-13-14-15-16/h5-8H,1-4H3. The van der Waals surface area contributed by atoms with Crippen LogP contribution >= 0.6 is 0 Å². The number of ether oxygens (including phenoxy) is 1. The SMILES string of the molecule is COc1cc(-n2cnnn2)ccc1C(C)(C)C. The minimum Gasteiger partial charge on any atom is -0.496 e. The Morgan fingerprint density at radius 2 is 2.00 bits per heavy atom. The highest BCUT2D eigenvalue weighted by Gasteiger charge is 2.19. The van der Waals surface area contributed by atoms with Gasteiger partial charge in [-0.05, 0) is 27.5 Å². The van der Waals surface area contributed by atoms with E-state index in [9.17, 15) is 0 Å². The molecule has 1 aromatic heterocycles. The van der Waals surface area contributed by atoms with Gasteiger partial charge in [0.25, 0.3) is 0 Å². The molecule has 2 rings (SSSR count). The number of benzene rings is 1. The summed E-state index contributed by atoms with van der Waals surface area (Å²) in [7, 11) is 1.67. The van der Waals surface area contributed by atoms with Crippen LogP contribution < -0.4 is 4.74 Å². The Bertz CT molecular complexity index is 500. The predicted molar refractivity (Wildman–Crippen MR) is 64.4 cm³/mol. The lowest BCUT2D eigenvalue weighted by atomic mass is 9.86. The number of tetrazole rings is 1. The Kier molecular flexibility index (Phi) is 2.83. The minimum absolute atomic E-state index is 0.0461. The van der Waals surface area contributed by atoms with Gasteiger partial charge in [-0.15, -0.1) is 5.10 Å². The van der Waals surface area contributed by atoms with Crippen molar-refractivity contribution in [1.29, 1.82) is 0 Å². The van der Waals surface area contributed by atoms with Crippen LogP contribution in [-0.2, 0) is 5.41 Å². The van der Waals surface area contributed by atoms with Gasteiger partial charge in [-0.2, -0.15) is 0 Å². The molecule has 0 fully saturated rings. The van der Waals surface area contributed by atoms with E-state index in [0.29, 0.717) is 0 Å². The van der Waals surface area contributed by atoms with Gasteiger partial charge in [0.05, 0.1) is 12.8 Å². The van der Waals surface area contributed by atoms with E-state index in [1.807, 2.05) is 12.1 Å². The lowest BCUT2D eigenvalue weighted by Crippen LogP contribution is -2.13. The number of methoxy groups -OCH3 is 1. The molecule has 0 aliphatic carbocycles. The molecule has 0 amide bonds. The first-order chi connectivity index (χ1) is 8.02. The minimum atomic E-state index is 0.0461. The molecular weight excluding hydrogens is 216 g/mol. The van der Waals surface area contributed by atoms with E-state index >= 15 is 0 Å². The molecule has 0 saturated heterocycles. The Morgan fingerprint density at radius 3 is 2.53 bits per heavy atom. The van der Waals surface area contributed by atoms with Crippen molar-refractivity contribution in [3.05, 3.63) is 30.1 Å². The van der Waals surface area contributed by atoms with Crippen LogP contribution in [0.1, 0.15) is 26.3 Å². The topological polar surface area (TPSA) is 52.8 Å². The van der Waals surface area contributed by atoms with Crippen LogP contribution in [0, 0.1) is 0 Å². The van der Waals surface area contributed by atoms with Crippen LogP contribution in [0.3, 0.4) is 0 Å². The largest absolute Gasteiger partial charge is 0.496 e. The third kappa shape index (κ3) is 2.27. The first kappa shape index (κ1) is 11.6. The summed E-state index contributed by atoms with van der Waals surface area (Å²) in [5.41, 5.74) is 2.10. The van der Waals surface area contributed by atoms with Gasteiger partial charge in [0.1, 0.15) is 12.1 Å². The average molecular weight is 232 g/mol. The van der Waals surface area contributed by atoms with Gasteiger partial charge in [0.15, 0.2) is 0 Å². The van der Waals surface area contributed by atoms with E-state index in [2.05, 4.69) is 42.4 Å². The summed E-state index contributed by atoms with van der Waals surface area (Å²) in [6, 6.07) is 5.98. The molecule has 5 nitrogen and oxygen atoms in total. The lowest BCUT2D eigenvalue weighted by Gasteiger charge is -2.22. The second-order valence-corrected chi connectivity index (χ2v) is 4.89. The molecule has 17 heavy (non-hydrogen) atoms. The van der Waals surface area contributed by atoms with Gasteiger partial charge >= 0.3 is 0 Å². The molecule has 90 valence electrons. The summed E-state index contributed by atoms with van der Waals surface area (Å²) in [6.45, 7) is 6.46. The van der Waals surface area contributed by atoms with E-state index in [-0.39, 0.29) is 5.41 Å². The third-order valence-electron chi connectivity index (χ3n) is 2.61. The predicted octanol–water partition coefficient (Wildman–Crippen LogP) is 1.97. The number of aromatic nitrogens is 4. The van der Waals surface area contributed by atoms with Crippen molar-refractivity contribution in [3.8, 4) is 11.4 Å². The Hall–Kier alpha value is -1.91. The first-order valence-electron chi connectivity index (χ1n) is 5.44. The fourth-order valence-electron chi connectivity index (χ4n) is 1.72. The van der Waals surface area contributed by atoms with Gasteiger partial charge in [-0.3, -0.25) is 0 Å². The Balaban J connectivity index is 2.49. The molecule has 0 saturated carbocycles. The zero-order valence-corrected chi connectivity index (χ0v) is 10.5. The fraction of sp³-hybridized carbons (Fsp3) is 0.417. The van der Waals surface area contributed by atoms with Gasteiger partial charge in [-0.25, -0.2) is 4.68 Å². The smallest absolute Gasteiger partial charge is 0.143 e. The maximum Gasteiger partial charge on any atom is 0.143 e. The van der Waals surface area contributed by atoms with E-state index in [0.717, 1.165) is 17.0 Å². The van der Waals surface area contributed by atoms with Crippen molar-refractivity contribution in [2.45, 2.75) is 26.2 Å². The fourth-order valence-corrected chi connectivity index (χ4v) is 1.72. The molecule has 0 bridgehead atoms. The average Bonchev–Trinajstić information content (AvgIpc) is 2.80. The summed E-state index contributed by atoms with van der Waals surface area (Å²) >= 11 is 0. The van der Waals surface area contributed by atoms with Gasteiger partial charge in [0.2, 0.25) is 0 Å². The number of hydrogen-bond acceptors (Lipinski definition) is 4. The van der Waals surface area contributed by atoms with E-state index in [4.69, 9.17) is 4.74 Å². The molecular formula is C12H16N4O. The van der Waals surface area contributed by atoms with Gasteiger partial charge in [0, 0.05) is 6.07 Å². The van der Waals surface area contributed by atoms with Crippen LogP contribution in [0.4, 0.5) is 0 Å². The van der Waals surface area contributed by atoms with Crippen molar-refractivity contribution >= 4 is 0 Å². The highest BCUT2D eigenvalue weighted by Crippen LogP contribution is 2.32. The molecule has 0 atom stereocenters. The first-order valence-corrected chi connectivity index (χ1v) is 5.44. The molecule has 0 N–H and O–H groups in total. The molecule has 0 spiro atoms. The maximum absolute atomic E-state index is 5.43. The maximum atomic E-state index is 5.43. The van der Waals surface area contributed by atoms with Crippen molar-refractivity contribution in [1.82, 2.24) is 20.2 Å². The highest BCUT2D eigenvalue weighted by molar-refractivity contribution is 5.46. The summed E-state index contributed by atoms with van der Waals surface area (Å²) in [4.78, 5) is 0. The molecule has 0 radical (unpaired) electrons. The summed E-state index contributed by atoms with van der Waals surface area (Å²) in [6.07, 6.45) is 1.56. The Morgan fingerprint density at radius 1 is 1.24 bits per heavy atom. The highest BCUT2D eigenvalue weighted by atomic mass is 16.5. The van der Waals surface area contributed by atoms with Crippen molar-refractivity contribution in [2.75, 3.05) is 7.11 Å². The monoisotopic (exact) mass is 232 g/mol. The van der Waals surface area contributed by atoms with E-state index in [1.54, 1.807) is 18.1 Å².